The van der Waals surface area contributed by atoms with E-state index in [4.69, 9.17) is 0 Å². The molecule has 0 amide bonds. The number of hydrogen-bond acceptors (Lipinski definition) is 0. The summed E-state index contributed by atoms with van der Waals surface area (Å²) in [6.07, 6.45) is -2.40. The highest BCUT2D eigenvalue weighted by Gasteiger charge is 2.87. The number of rotatable bonds is 0. The SMILES string of the molecule is FC1(F)CC(F)(Cl)C(F)(F)C1(F)F. The Bertz CT molecular complexity index is 209. The smallest absolute Gasteiger partial charge is 0.219 e. The first-order chi connectivity index (χ1) is 5.46. The van der Waals surface area contributed by atoms with Crippen LogP contribution in [0.1, 0.15) is 6.42 Å². The molecule has 0 saturated heterocycles. The van der Waals surface area contributed by atoms with Gasteiger partial charge in [0.1, 0.15) is 0 Å². The molecule has 0 spiro atoms. The minimum absolute atomic E-state index is 2.40. The molecule has 1 fully saturated rings. The second-order valence-electron chi connectivity index (χ2n) is 2.73. The fraction of sp³-hybridized carbons (Fsp3) is 1.00. The van der Waals surface area contributed by atoms with Gasteiger partial charge in [-0.3, -0.25) is 0 Å². The molecule has 1 unspecified atom stereocenters. The Morgan fingerprint density at radius 2 is 1.15 bits per heavy atom. The van der Waals surface area contributed by atoms with Crippen molar-refractivity contribution in [2.24, 2.45) is 0 Å². The molecule has 1 aliphatic rings. The van der Waals surface area contributed by atoms with E-state index in [0.29, 0.717) is 0 Å². The number of halogens is 8. The second-order valence-corrected chi connectivity index (χ2v) is 3.33. The minimum atomic E-state index is -5.75. The van der Waals surface area contributed by atoms with Crippen LogP contribution in [0.5, 0.6) is 0 Å². The molecule has 0 aromatic carbocycles. The Balaban J connectivity index is 3.24. The quantitative estimate of drug-likeness (QED) is 0.443. The van der Waals surface area contributed by atoms with Crippen LogP contribution >= 0.6 is 11.6 Å². The van der Waals surface area contributed by atoms with Gasteiger partial charge in [-0.15, -0.1) is 0 Å². The Kier molecular flexibility index (Phi) is 1.87. The van der Waals surface area contributed by atoms with Crippen LogP contribution in [0.25, 0.3) is 0 Å². The molecule has 0 heterocycles. The summed E-state index contributed by atoms with van der Waals surface area (Å²) in [7, 11) is 0. The van der Waals surface area contributed by atoms with Crippen LogP contribution in [0.3, 0.4) is 0 Å². The van der Waals surface area contributed by atoms with E-state index < -0.39 is 29.3 Å². The third-order valence-electron chi connectivity index (χ3n) is 1.76. The van der Waals surface area contributed by atoms with Crippen LogP contribution < -0.4 is 0 Å². The average molecular weight is 231 g/mol. The molecular formula is C5H2ClF7. The third kappa shape index (κ3) is 1.05. The lowest BCUT2D eigenvalue weighted by Gasteiger charge is -2.24. The Morgan fingerprint density at radius 3 is 1.23 bits per heavy atom. The van der Waals surface area contributed by atoms with Crippen LogP contribution in [0, 0.1) is 0 Å². The average Bonchev–Trinajstić information content (AvgIpc) is 1.88. The van der Waals surface area contributed by atoms with Crippen molar-refractivity contribution in [1.82, 2.24) is 0 Å². The van der Waals surface area contributed by atoms with Crippen molar-refractivity contribution in [3.63, 3.8) is 0 Å². The van der Waals surface area contributed by atoms with Crippen molar-refractivity contribution >= 4 is 11.6 Å². The van der Waals surface area contributed by atoms with Crippen molar-refractivity contribution in [3.05, 3.63) is 0 Å². The van der Waals surface area contributed by atoms with Gasteiger partial charge in [0.05, 0.1) is 6.42 Å². The van der Waals surface area contributed by atoms with Gasteiger partial charge >= 0.3 is 17.8 Å². The summed E-state index contributed by atoms with van der Waals surface area (Å²) in [5, 5.41) is -4.40. The molecule has 13 heavy (non-hydrogen) atoms. The molecule has 0 aromatic rings. The highest BCUT2D eigenvalue weighted by Crippen LogP contribution is 2.63. The lowest BCUT2D eigenvalue weighted by atomic mass is 10.2. The normalized spacial score (nSPS) is 40.6. The van der Waals surface area contributed by atoms with Crippen molar-refractivity contribution < 1.29 is 30.7 Å². The topological polar surface area (TPSA) is 0 Å². The van der Waals surface area contributed by atoms with Gasteiger partial charge in [0, 0.05) is 0 Å². The van der Waals surface area contributed by atoms with E-state index in [1.807, 2.05) is 0 Å². The van der Waals surface area contributed by atoms with Crippen LogP contribution in [-0.2, 0) is 0 Å². The van der Waals surface area contributed by atoms with Crippen LogP contribution in [0.15, 0.2) is 0 Å². The maximum atomic E-state index is 12.4. The van der Waals surface area contributed by atoms with Gasteiger partial charge in [-0.2, -0.15) is 26.3 Å². The van der Waals surface area contributed by atoms with Crippen molar-refractivity contribution in [2.45, 2.75) is 29.3 Å². The van der Waals surface area contributed by atoms with Gasteiger partial charge < -0.3 is 0 Å². The molecule has 1 rings (SSSR count). The predicted molar refractivity (Wildman–Crippen MR) is 29.2 cm³/mol. The molecule has 78 valence electrons. The van der Waals surface area contributed by atoms with E-state index in [0.717, 1.165) is 0 Å². The Morgan fingerprint density at radius 1 is 0.769 bits per heavy atom. The summed E-state index contributed by atoms with van der Waals surface area (Å²) in [6.45, 7) is 0. The zero-order valence-electron chi connectivity index (χ0n) is 5.73. The predicted octanol–water partition coefficient (Wildman–Crippen LogP) is 3.20. The zero-order valence-corrected chi connectivity index (χ0v) is 6.49. The summed E-state index contributed by atoms with van der Waals surface area (Å²) in [6, 6.07) is 0. The van der Waals surface area contributed by atoms with Crippen LogP contribution in [-0.4, -0.2) is 22.9 Å². The first-order valence-corrected chi connectivity index (χ1v) is 3.35. The van der Waals surface area contributed by atoms with E-state index >= 15 is 0 Å². The molecule has 0 nitrogen and oxygen atoms in total. The van der Waals surface area contributed by atoms with Crippen LogP contribution in [0.2, 0.25) is 0 Å². The van der Waals surface area contributed by atoms with E-state index in [1.54, 1.807) is 0 Å². The van der Waals surface area contributed by atoms with Gasteiger partial charge in [-0.1, -0.05) is 11.6 Å². The Hall–Kier alpha value is -0.200. The molecule has 1 saturated carbocycles. The fourth-order valence-electron chi connectivity index (χ4n) is 0.960. The molecule has 1 atom stereocenters. The van der Waals surface area contributed by atoms with Gasteiger partial charge in [0.15, 0.2) is 0 Å². The molecular weight excluding hydrogens is 228 g/mol. The van der Waals surface area contributed by atoms with Crippen molar-refractivity contribution in [1.29, 1.82) is 0 Å². The highest BCUT2D eigenvalue weighted by atomic mass is 35.5. The lowest BCUT2D eigenvalue weighted by Crippen LogP contribution is -2.50. The van der Waals surface area contributed by atoms with E-state index in [9.17, 15) is 30.7 Å². The molecule has 0 bridgehead atoms. The first-order valence-electron chi connectivity index (χ1n) is 2.97. The first kappa shape index (κ1) is 10.9. The van der Waals surface area contributed by atoms with Gasteiger partial charge in [-0.05, 0) is 0 Å². The third-order valence-corrected chi connectivity index (χ3v) is 2.13. The van der Waals surface area contributed by atoms with Crippen molar-refractivity contribution in [2.75, 3.05) is 0 Å². The molecule has 0 N–H and O–H groups in total. The molecule has 0 aliphatic heterocycles. The maximum absolute atomic E-state index is 12.4. The van der Waals surface area contributed by atoms with Gasteiger partial charge in [-0.25, -0.2) is 4.39 Å². The summed E-state index contributed by atoms with van der Waals surface area (Å²) in [5.74, 6) is -16.4. The fourth-order valence-corrected chi connectivity index (χ4v) is 1.25. The lowest BCUT2D eigenvalue weighted by molar-refractivity contribution is -0.280. The maximum Gasteiger partial charge on any atom is 0.376 e. The summed E-state index contributed by atoms with van der Waals surface area (Å²) < 4.78 is 85.6. The molecule has 0 aromatic heterocycles. The summed E-state index contributed by atoms with van der Waals surface area (Å²) in [5.41, 5.74) is 0. The Labute approximate surface area is 72.7 Å². The van der Waals surface area contributed by atoms with Gasteiger partial charge in [0.2, 0.25) is 0 Å². The largest absolute Gasteiger partial charge is 0.376 e. The summed E-state index contributed by atoms with van der Waals surface area (Å²) >= 11 is 4.25. The molecule has 0 radical (unpaired) electrons. The second kappa shape index (κ2) is 2.24. The molecule has 1 aliphatic carbocycles. The van der Waals surface area contributed by atoms with Gasteiger partial charge in [0.25, 0.3) is 5.13 Å². The monoisotopic (exact) mass is 230 g/mol. The molecule has 8 heteroatoms. The zero-order chi connectivity index (χ0) is 10.7. The number of hydrogen-bond donors (Lipinski definition) is 0. The summed E-state index contributed by atoms with van der Waals surface area (Å²) in [4.78, 5) is 0. The standard InChI is InChI=1S/C5H2ClF7/c6-2(7)1-3(8,9)5(12,13)4(2,10)11/h1H2. The van der Waals surface area contributed by atoms with Crippen molar-refractivity contribution in [3.8, 4) is 0 Å². The van der Waals surface area contributed by atoms with Crippen LogP contribution in [0.4, 0.5) is 30.7 Å². The van der Waals surface area contributed by atoms with E-state index in [-0.39, 0.29) is 0 Å². The minimum Gasteiger partial charge on any atom is -0.219 e. The number of alkyl halides is 8. The highest BCUT2D eigenvalue weighted by molar-refractivity contribution is 6.24. The van der Waals surface area contributed by atoms with E-state index in [2.05, 4.69) is 11.6 Å². The van der Waals surface area contributed by atoms with E-state index in [1.165, 1.54) is 0 Å².